The van der Waals surface area contributed by atoms with Crippen molar-refractivity contribution in [2.45, 2.75) is 32.2 Å². The predicted octanol–water partition coefficient (Wildman–Crippen LogP) is 2.81. The second-order valence-corrected chi connectivity index (χ2v) is 3.71. The molecule has 0 fully saturated rings. The Labute approximate surface area is 90.2 Å². The first kappa shape index (κ1) is 12.0. The van der Waals surface area contributed by atoms with Crippen molar-refractivity contribution < 1.29 is 9.13 Å². The Bertz CT molecular complexity index is 334. The van der Waals surface area contributed by atoms with Gasteiger partial charge in [0.1, 0.15) is 11.6 Å². The molecule has 2 N–H and O–H groups in total. The third kappa shape index (κ3) is 2.29. The van der Waals surface area contributed by atoms with E-state index >= 15 is 0 Å². The van der Waals surface area contributed by atoms with Gasteiger partial charge in [-0.15, -0.1) is 0 Å². The summed E-state index contributed by atoms with van der Waals surface area (Å²) in [6, 6.07) is 4.47. The quantitative estimate of drug-likeness (QED) is 0.831. The van der Waals surface area contributed by atoms with Crippen LogP contribution in [-0.4, -0.2) is 7.11 Å². The van der Waals surface area contributed by atoms with Crippen molar-refractivity contribution in [2.75, 3.05) is 7.11 Å². The van der Waals surface area contributed by atoms with Crippen LogP contribution in [0.25, 0.3) is 0 Å². The second-order valence-electron chi connectivity index (χ2n) is 3.71. The van der Waals surface area contributed by atoms with Crippen molar-refractivity contribution in [1.29, 1.82) is 0 Å². The topological polar surface area (TPSA) is 35.2 Å². The van der Waals surface area contributed by atoms with E-state index in [-0.39, 0.29) is 5.82 Å². The Balaban J connectivity index is 3.26. The van der Waals surface area contributed by atoms with Crippen LogP contribution in [0.4, 0.5) is 4.39 Å². The van der Waals surface area contributed by atoms with E-state index in [0.717, 1.165) is 18.4 Å². The number of methoxy groups -OCH3 is 1. The minimum absolute atomic E-state index is 0.275. The van der Waals surface area contributed by atoms with Crippen LogP contribution in [0.5, 0.6) is 5.75 Å². The molecule has 0 saturated carbocycles. The molecule has 0 aliphatic rings. The molecule has 2 nitrogen and oxygen atoms in total. The van der Waals surface area contributed by atoms with Gasteiger partial charge in [-0.1, -0.05) is 13.8 Å². The fourth-order valence-electron chi connectivity index (χ4n) is 1.70. The van der Waals surface area contributed by atoms with E-state index in [2.05, 4.69) is 0 Å². The van der Waals surface area contributed by atoms with Crippen LogP contribution >= 0.6 is 0 Å². The molecule has 0 aliphatic heterocycles. The number of hydrogen-bond donors (Lipinski definition) is 1. The summed E-state index contributed by atoms with van der Waals surface area (Å²) in [7, 11) is 1.57. The average molecular weight is 211 g/mol. The van der Waals surface area contributed by atoms with Gasteiger partial charge >= 0.3 is 0 Å². The van der Waals surface area contributed by atoms with Crippen molar-refractivity contribution in [3.05, 3.63) is 29.6 Å². The van der Waals surface area contributed by atoms with Gasteiger partial charge in [-0.25, -0.2) is 4.39 Å². The highest BCUT2D eigenvalue weighted by atomic mass is 19.1. The van der Waals surface area contributed by atoms with E-state index in [4.69, 9.17) is 10.5 Å². The molecule has 0 heterocycles. The van der Waals surface area contributed by atoms with Gasteiger partial charge in [-0.05, 0) is 31.0 Å². The maximum Gasteiger partial charge on any atom is 0.124 e. The lowest BCUT2D eigenvalue weighted by atomic mass is 9.85. The largest absolute Gasteiger partial charge is 0.496 e. The summed E-state index contributed by atoms with van der Waals surface area (Å²) in [6.07, 6.45) is 1.51. The van der Waals surface area contributed by atoms with Crippen molar-refractivity contribution >= 4 is 0 Å². The highest BCUT2D eigenvalue weighted by molar-refractivity contribution is 5.39. The smallest absolute Gasteiger partial charge is 0.124 e. The van der Waals surface area contributed by atoms with Crippen molar-refractivity contribution in [3.63, 3.8) is 0 Å². The summed E-state index contributed by atoms with van der Waals surface area (Å²) in [5.74, 6) is 0.380. The molecule has 1 rings (SSSR count). The SMILES string of the molecule is CCC(N)(CC)c1cc(F)ccc1OC. The first-order chi connectivity index (χ1) is 7.07. The molecule has 0 spiro atoms. The maximum atomic E-state index is 13.2. The molecule has 0 saturated heterocycles. The Morgan fingerprint density at radius 3 is 2.40 bits per heavy atom. The van der Waals surface area contributed by atoms with Crippen LogP contribution < -0.4 is 10.5 Å². The third-order valence-electron chi connectivity index (χ3n) is 2.96. The highest BCUT2D eigenvalue weighted by Gasteiger charge is 2.26. The van der Waals surface area contributed by atoms with E-state index in [1.165, 1.54) is 12.1 Å². The van der Waals surface area contributed by atoms with Gasteiger partial charge < -0.3 is 10.5 Å². The number of hydrogen-bond acceptors (Lipinski definition) is 2. The summed E-state index contributed by atoms with van der Waals surface area (Å²) < 4.78 is 18.4. The van der Waals surface area contributed by atoms with Gasteiger partial charge in [0.25, 0.3) is 0 Å². The molecule has 0 unspecified atom stereocenters. The normalized spacial score (nSPS) is 11.5. The van der Waals surface area contributed by atoms with Crippen LogP contribution in [0, 0.1) is 5.82 Å². The molecular weight excluding hydrogens is 193 g/mol. The average Bonchev–Trinajstić information content (AvgIpc) is 2.28. The van der Waals surface area contributed by atoms with Crippen LogP contribution in [-0.2, 0) is 5.54 Å². The number of benzene rings is 1. The van der Waals surface area contributed by atoms with Crippen molar-refractivity contribution in [1.82, 2.24) is 0 Å². The zero-order valence-electron chi connectivity index (χ0n) is 9.51. The third-order valence-corrected chi connectivity index (χ3v) is 2.96. The monoisotopic (exact) mass is 211 g/mol. The number of nitrogens with two attached hydrogens (primary N) is 1. The lowest BCUT2D eigenvalue weighted by Crippen LogP contribution is -2.35. The number of ether oxygens (including phenoxy) is 1. The van der Waals surface area contributed by atoms with Gasteiger partial charge in [-0.3, -0.25) is 0 Å². The number of halogens is 1. The van der Waals surface area contributed by atoms with Crippen molar-refractivity contribution in [2.24, 2.45) is 5.73 Å². The van der Waals surface area contributed by atoms with Gasteiger partial charge in [0.15, 0.2) is 0 Å². The molecule has 3 heteroatoms. The Kier molecular flexibility index (Phi) is 3.69. The first-order valence-electron chi connectivity index (χ1n) is 5.20. The summed E-state index contributed by atoms with van der Waals surface area (Å²) in [6.45, 7) is 3.99. The molecule has 1 aromatic carbocycles. The van der Waals surface area contributed by atoms with Crippen molar-refractivity contribution in [3.8, 4) is 5.75 Å². The molecule has 15 heavy (non-hydrogen) atoms. The molecule has 0 aromatic heterocycles. The molecule has 0 aliphatic carbocycles. The molecular formula is C12H18FNO. The minimum atomic E-state index is -0.507. The molecule has 0 bridgehead atoms. The van der Waals surface area contributed by atoms with E-state index in [1.54, 1.807) is 13.2 Å². The van der Waals surface area contributed by atoms with Gasteiger partial charge in [-0.2, -0.15) is 0 Å². The van der Waals surface area contributed by atoms with Gasteiger partial charge in [0, 0.05) is 11.1 Å². The lowest BCUT2D eigenvalue weighted by molar-refractivity contribution is 0.360. The Morgan fingerprint density at radius 2 is 1.93 bits per heavy atom. The van der Waals surface area contributed by atoms with Gasteiger partial charge in [0.05, 0.1) is 7.11 Å². The summed E-state index contributed by atoms with van der Waals surface area (Å²) >= 11 is 0. The standard InChI is InChI=1S/C12H18FNO/c1-4-12(14,5-2)10-8-9(13)6-7-11(10)15-3/h6-8H,4-5,14H2,1-3H3. The Morgan fingerprint density at radius 1 is 1.33 bits per heavy atom. The fraction of sp³-hybridized carbons (Fsp3) is 0.500. The molecule has 0 radical (unpaired) electrons. The summed E-state index contributed by atoms with van der Waals surface area (Å²) in [5.41, 5.74) is 6.46. The molecule has 0 atom stereocenters. The van der Waals surface area contributed by atoms with E-state index in [0.29, 0.717) is 5.75 Å². The van der Waals surface area contributed by atoms with Crippen LogP contribution in [0.2, 0.25) is 0 Å². The summed E-state index contributed by atoms with van der Waals surface area (Å²) in [4.78, 5) is 0. The molecule has 1 aromatic rings. The second kappa shape index (κ2) is 4.62. The van der Waals surface area contributed by atoms with Gasteiger partial charge in [0.2, 0.25) is 0 Å². The van der Waals surface area contributed by atoms with E-state index < -0.39 is 5.54 Å². The maximum absolute atomic E-state index is 13.2. The number of rotatable bonds is 4. The van der Waals surface area contributed by atoms with Crippen LogP contribution in [0.15, 0.2) is 18.2 Å². The summed E-state index contributed by atoms with van der Waals surface area (Å²) in [5, 5.41) is 0. The van der Waals surface area contributed by atoms with E-state index in [1.807, 2.05) is 13.8 Å². The van der Waals surface area contributed by atoms with Crippen LogP contribution in [0.1, 0.15) is 32.3 Å². The zero-order valence-corrected chi connectivity index (χ0v) is 9.51. The first-order valence-corrected chi connectivity index (χ1v) is 5.20. The fourth-order valence-corrected chi connectivity index (χ4v) is 1.70. The van der Waals surface area contributed by atoms with E-state index in [9.17, 15) is 4.39 Å². The predicted molar refractivity (Wildman–Crippen MR) is 59.4 cm³/mol. The Hall–Kier alpha value is -1.09. The van der Waals surface area contributed by atoms with Crippen LogP contribution in [0.3, 0.4) is 0 Å². The molecule has 84 valence electrons. The lowest BCUT2D eigenvalue weighted by Gasteiger charge is -2.28. The zero-order chi connectivity index (χ0) is 11.5. The molecule has 0 amide bonds. The minimum Gasteiger partial charge on any atom is -0.496 e. The highest BCUT2D eigenvalue weighted by Crippen LogP contribution is 2.33.